The number of aryl methyl sites for hydroxylation is 1. The molecule has 0 N–H and O–H groups in total. The van der Waals surface area contributed by atoms with E-state index in [2.05, 4.69) is 16.9 Å². The van der Waals surface area contributed by atoms with Gasteiger partial charge in [-0.1, -0.05) is 18.2 Å². The zero-order valence-electron chi connectivity index (χ0n) is 21.0. The van der Waals surface area contributed by atoms with Crippen LogP contribution >= 0.6 is 24.8 Å². The van der Waals surface area contributed by atoms with Crippen LogP contribution in [0.25, 0.3) is 11.1 Å². The fraction of sp³-hybridized carbons (Fsp3) is 0.407. The van der Waals surface area contributed by atoms with E-state index in [0.717, 1.165) is 42.8 Å². The van der Waals surface area contributed by atoms with E-state index in [1.807, 2.05) is 42.3 Å². The lowest BCUT2D eigenvalue weighted by Crippen LogP contribution is -2.51. The number of hydrogen-bond acceptors (Lipinski definition) is 5. The molecule has 2 aliphatic rings. The maximum absolute atomic E-state index is 14.9. The predicted molar refractivity (Wildman–Crippen MR) is 145 cm³/mol. The summed E-state index contributed by atoms with van der Waals surface area (Å²) in [6.45, 7) is 3.39. The molecule has 2 fully saturated rings. The summed E-state index contributed by atoms with van der Waals surface area (Å²) in [5.74, 6) is 0.312. The molecule has 5 rings (SSSR count). The highest BCUT2D eigenvalue weighted by molar-refractivity contribution is 5.92. The number of halogens is 3. The van der Waals surface area contributed by atoms with Gasteiger partial charge in [-0.3, -0.25) is 9.69 Å². The number of likely N-dealkylation sites (tertiary alicyclic amines) is 1. The molecule has 2 aliphatic heterocycles. The first-order chi connectivity index (χ1) is 17.0. The van der Waals surface area contributed by atoms with E-state index in [1.54, 1.807) is 23.2 Å². The van der Waals surface area contributed by atoms with Crippen molar-refractivity contribution in [3.05, 3.63) is 72.1 Å². The number of benzene rings is 2. The number of carbonyl (C=O) groups excluding carboxylic acids is 1. The standard InChI is InChI=1S/C27H31FN4O3.2ClH/c1-30-15-23(16-30)35-22-5-3-4-20(13-22)24-12-19(6-7-25(24)28)14-32(21-8-10-34-11-9-21)27(33)26-17-31(2)18-29-26;;/h3-7,12-13,17-18,21,23H,8-11,14-16H2,1-2H3;2*1H. The first-order valence-corrected chi connectivity index (χ1v) is 12.1. The first kappa shape index (κ1) is 28.9. The molecule has 0 spiro atoms. The van der Waals surface area contributed by atoms with Gasteiger partial charge >= 0.3 is 0 Å². The Hall–Kier alpha value is -2.65. The highest BCUT2D eigenvalue weighted by Crippen LogP contribution is 2.29. The highest BCUT2D eigenvalue weighted by atomic mass is 35.5. The maximum Gasteiger partial charge on any atom is 0.274 e. The van der Waals surface area contributed by atoms with E-state index in [9.17, 15) is 9.18 Å². The molecule has 10 heteroatoms. The number of hydrogen-bond donors (Lipinski definition) is 0. The third-order valence-corrected chi connectivity index (χ3v) is 6.68. The van der Waals surface area contributed by atoms with Crippen LogP contribution in [0.1, 0.15) is 28.9 Å². The van der Waals surface area contributed by atoms with Crippen LogP contribution in [0.5, 0.6) is 5.75 Å². The first-order valence-electron chi connectivity index (χ1n) is 12.1. The number of amides is 1. The summed E-state index contributed by atoms with van der Waals surface area (Å²) in [5.41, 5.74) is 2.52. The lowest BCUT2D eigenvalue weighted by atomic mass is 10.0. The van der Waals surface area contributed by atoms with Gasteiger partial charge < -0.3 is 18.9 Å². The van der Waals surface area contributed by atoms with E-state index >= 15 is 0 Å². The van der Waals surface area contributed by atoms with Crippen LogP contribution in [-0.4, -0.2) is 70.8 Å². The summed E-state index contributed by atoms with van der Waals surface area (Å²) >= 11 is 0. The molecule has 1 amide bonds. The maximum atomic E-state index is 14.9. The van der Waals surface area contributed by atoms with Gasteiger partial charge in [-0.05, 0) is 55.3 Å². The van der Waals surface area contributed by atoms with Crippen molar-refractivity contribution >= 4 is 30.7 Å². The summed E-state index contributed by atoms with van der Waals surface area (Å²) in [6.07, 6.45) is 5.06. The Morgan fingerprint density at radius 3 is 2.57 bits per heavy atom. The molecule has 0 bridgehead atoms. The quantitative estimate of drug-likeness (QED) is 0.430. The molecule has 3 heterocycles. The third-order valence-electron chi connectivity index (χ3n) is 6.68. The molecule has 200 valence electrons. The van der Waals surface area contributed by atoms with Crippen molar-refractivity contribution in [2.24, 2.45) is 7.05 Å². The Labute approximate surface area is 229 Å². The highest BCUT2D eigenvalue weighted by Gasteiger charge is 2.28. The second-order valence-electron chi connectivity index (χ2n) is 9.50. The molecule has 1 aromatic heterocycles. The number of nitrogens with zero attached hydrogens (tertiary/aromatic N) is 4. The zero-order valence-corrected chi connectivity index (χ0v) is 22.6. The molecular formula is C27H33Cl2FN4O3. The van der Waals surface area contributed by atoms with Gasteiger partial charge in [-0.25, -0.2) is 9.37 Å². The van der Waals surface area contributed by atoms with E-state index in [0.29, 0.717) is 31.0 Å². The average Bonchev–Trinajstić information content (AvgIpc) is 3.29. The van der Waals surface area contributed by atoms with Crippen LogP contribution in [0.3, 0.4) is 0 Å². The normalized spacial score (nSPS) is 16.3. The van der Waals surface area contributed by atoms with Crippen molar-refractivity contribution in [2.45, 2.75) is 31.5 Å². The molecule has 0 aliphatic carbocycles. The fourth-order valence-electron chi connectivity index (χ4n) is 4.77. The van der Waals surface area contributed by atoms with Crippen LogP contribution in [0, 0.1) is 5.82 Å². The van der Waals surface area contributed by atoms with Crippen LogP contribution in [-0.2, 0) is 18.3 Å². The van der Waals surface area contributed by atoms with Gasteiger partial charge in [0.1, 0.15) is 23.4 Å². The molecule has 7 nitrogen and oxygen atoms in total. The predicted octanol–water partition coefficient (Wildman–Crippen LogP) is 4.58. The van der Waals surface area contributed by atoms with Crippen molar-refractivity contribution in [1.82, 2.24) is 19.4 Å². The molecule has 37 heavy (non-hydrogen) atoms. The van der Waals surface area contributed by atoms with E-state index in [1.165, 1.54) is 6.07 Å². The van der Waals surface area contributed by atoms with Crippen LogP contribution < -0.4 is 4.74 Å². The molecule has 2 saturated heterocycles. The third kappa shape index (κ3) is 6.82. The molecular weight excluding hydrogens is 518 g/mol. The molecule has 3 aromatic rings. The largest absolute Gasteiger partial charge is 0.488 e. The minimum atomic E-state index is -0.303. The summed E-state index contributed by atoms with van der Waals surface area (Å²) in [6, 6.07) is 12.7. The second kappa shape index (κ2) is 12.7. The number of carbonyl (C=O) groups is 1. The zero-order chi connectivity index (χ0) is 24.4. The van der Waals surface area contributed by atoms with Gasteiger partial charge in [0, 0.05) is 57.7 Å². The Morgan fingerprint density at radius 2 is 1.89 bits per heavy atom. The topological polar surface area (TPSA) is 59.8 Å². The number of likely N-dealkylation sites (N-methyl/N-ethyl adjacent to an activating group) is 1. The molecule has 0 unspecified atom stereocenters. The van der Waals surface area contributed by atoms with Gasteiger partial charge in [0.15, 0.2) is 0 Å². The Morgan fingerprint density at radius 1 is 1.14 bits per heavy atom. The lowest BCUT2D eigenvalue weighted by Gasteiger charge is -2.36. The lowest BCUT2D eigenvalue weighted by molar-refractivity contribution is 0.0264. The van der Waals surface area contributed by atoms with Gasteiger partial charge in [-0.2, -0.15) is 0 Å². The van der Waals surface area contributed by atoms with E-state index < -0.39 is 0 Å². The summed E-state index contributed by atoms with van der Waals surface area (Å²) in [7, 11) is 3.90. The average molecular weight is 551 g/mol. The molecule has 0 saturated carbocycles. The van der Waals surface area contributed by atoms with Crippen LogP contribution in [0.4, 0.5) is 4.39 Å². The summed E-state index contributed by atoms with van der Waals surface area (Å²) in [4.78, 5) is 21.7. The van der Waals surface area contributed by atoms with Crippen molar-refractivity contribution in [3.8, 4) is 16.9 Å². The number of imidazole rings is 1. The van der Waals surface area contributed by atoms with Crippen molar-refractivity contribution < 1.29 is 18.7 Å². The van der Waals surface area contributed by atoms with Crippen LogP contribution in [0.15, 0.2) is 55.0 Å². The van der Waals surface area contributed by atoms with Crippen molar-refractivity contribution in [2.75, 3.05) is 33.4 Å². The number of rotatable bonds is 7. The van der Waals surface area contributed by atoms with Crippen molar-refractivity contribution in [3.63, 3.8) is 0 Å². The van der Waals surface area contributed by atoms with E-state index in [-0.39, 0.29) is 48.7 Å². The SMILES string of the molecule is CN1CC(Oc2cccc(-c3cc(CN(C(=O)c4cn(C)cn4)C4CCOCC4)ccc3F)c2)C1.Cl.Cl. The molecule has 0 radical (unpaired) electrons. The number of ether oxygens (including phenoxy) is 2. The van der Waals surface area contributed by atoms with E-state index in [4.69, 9.17) is 9.47 Å². The van der Waals surface area contributed by atoms with Gasteiger partial charge in [-0.15, -0.1) is 24.8 Å². The smallest absolute Gasteiger partial charge is 0.274 e. The molecule has 2 aromatic carbocycles. The van der Waals surface area contributed by atoms with Crippen LogP contribution in [0.2, 0.25) is 0 Å². The van der Waals surface area contributed by atoms with Crippen molar-refractivity contribution in [1.29, 1.82) is 0 Å². The Balaban J connectivity index is 0.00000190. The monoisotopic (exact) mass is 550 g/mol. The minimum Gasteiger partial charge on any atom is -0.488 e. The fourth-order valence-corrected chi connectivity index (χ4v) is 4.77. The van der Waals surface area contributed by atoms with Gasteiger partial charge in [0.2, 0.25) is 0 Å². The number of aromatic nitrogens is 2. The summed E-state index contributed by atoms with van der Waals surface area (Å²) in [5, 5.41) is 0. The molecule has 0 atom stereocenters. The second-order valence-corrected chi connectivity index (χ2v) is 9.50. The van der Waals surface area contributed by atoms with Gasteiger partial charge in [0.25, 0.3) is 5.91 Å². The Kier molecular flexibility index (Phi) is 9.95. The Bertz CT molecular complexity index is 1200. The summed E-state index contributed by atoms with van der Waals surface area (Å²) < 4.78 is 28.3. The minimum absolute atomic E-state index is 0. The van der Waals surface area contributed by atoms with Gasteiger partial charge in [0.05, 0.1) is 6.33 Å².